The summed E-state index contributed by atoms with van der Waals surface area (Å²) in [5.74, 6) is 2.29. The zero-order valence-electron chi connectivity index (χ0n) is 16.3. The predicted octanol–water partition coefficient (Wildman–Crippen LogP) is 2.68. The third-order valence-corrected chi connectivity index (χ3v) is 3.99. The molecule has 7 nitrogen and oxygen atoms in total. The van der Waals surface area contributed by atoms with E-state index in [4.69, 9.17) is 13.9 Å². The summed E-state index contributed by atoms with van der Waals surface area (Å²) in [7, 11) is 3.02. The summed E-state index contributed by atoms with van der Waals surface area (Å²) >= 11 is 0. The number of carbonyl (C=O) groups excluding carboxylic acids is 1. The molecule has 0 atom stereocenters. The van der Waals surface area contributed by atoms with Crippen LogP contribution in [-0.4, -0.2) is 39.2 Å². The average Bonchev–Trinajstić information content (AvgIpc) is 3.06. The first kappa shape index (κ1) is 20.4. The third-order valence-electron chi connectivity index (χ3n) is 3.99. The number of methoxy groups -OCH3 is 2. The van der Waals surface area contributed by atoms with Gasteiger partial charge in [-0.1, -0.05) is 18.2 Å². The minimum atomic E-state index is -0.409. The Morgan fingerprint density at radius 1 is 1.22 bits per heavy atom. The summed E-state index contributed by atoms with van der Waals surface area (Å²) in [4.78, 5) is 16.2. The molecular formula is C20H27N3O4. The molecule has 0 unspecified atom stereocenters. The molecule has 27 heavy (non-hydrogen) atoms. The number of hydrogen-bond acceptors (Lipinski definition) is 5. The summed E-state index contributed by atoms with van der Waals surface area (Å²) < 4.78 is 15.7. The molecule has 2 rings (SSSR count). The quantitative estimate of drug-likeness (QED) is 0.420. The standard InChI is InChI=1S/C20H27N3O4/c1-5-21-20(22-11-10-15-8-6-7-9-18(15)25-3)23-13-16-12-17(14(2)27-16)19(24)26-4/h6-9,12H,5,10-11,13H2,1-4H3,(H2,21,22,23). The highest BCUT2D eigenvalue weighted by Crippen LogP contribution is 2.17. The van der Waals surface area contributed by atoms with Crippen molar-refractivity contribution in [2.45, 2.75) is 26.8 Å². The van der Waals surface area contributed by atoms with E-state index in [1.165, 1.54) is 7.11 Å². The van der Waals surface area contributed by atoms with Crippen molar-refractivity contribution in [2.24, 2.45) is 4.99 Å². The summed E-state index contributed by atoms with van der Waals surface area (Å²) in [5.41, 5.74) is 1.56. The van der Waals surface area contributed by atoms with E-state index in [0.717, 1.165) is 24.3 Å². The Kier molecular flexibility index (Phi) is 7.73. The van der Waals surface area contributed by atoms with Crippen molar-refractivity contribution in [3.05, 3.63) is 53.0 Å². The number of ether oxygens (including phenoxy) is 2. The van der Waals surface area contributed by atoms with E-state index >= 15 is 0 Å². The highest BCUT2D eigenvalue weighted by Gasteiger charge is 2.15. The number of esters is 1. The molecule has 0 saturated heterocycles. The smallest absolute Gasteiger partial charge is 0.341 e. The van der Waals surface area contributed by atoms with Crippen LogP contribution in [0.25, 0.3) is 0 Å². The van der Waals surface area contributed by atoms with Crippen LogP contribution in [0.2, 0.25) is 0 Å². The van der Waals surface area contributed by atoms with Crippen LogP contribution in [0.15, 0.2) is 39.7 Å². The van der Waals surface area contributed by atoms with Gasteiger partial charge in [0, 0.05) is 13.1 Å². The van der Waals surface area contributed by atoms with Crippen molar-refractivity contribution in [2.75, 3.05) is 27.3 Å². The number of nitrogens with zero attached hydrogens (tertiary/aromatic N) is 1. The number of benzene rings is 1. The van der Waals surface area contributed by atoms with Crippen LogP contribution in [0.1, 0.15) is 34.4 Å². The Morgan fingerprint density at radius 2 is 2.00 bits per heavy atom. The number of guanidine groups is 1. The molecule has 2 aromatic rings. The second-order valence-electron chi connectivity index (χ2n) is 5.86. The van der Waals surface area contributed by atoms with Gasteiger partial charge in [-0.05, 0) is 38.0 Å². The summed E-state index contributed by atoms with van der Waals surface area (Å²) in [6, 6.07) is 9.62. The fourth-order valence-electron chi connectivity index (χ4n) is 2.66. The average molecular weight is 373 g/mol. The third kappa shape index (κ3) is 5.77. The van der Waals surface area contributed by atoms with Crippen LogP contribution in [0.5, 0.6) is 5.75 Å². The summed E-state index contributed by atoms with van der Waals surface area (Å²) in [6.07, 6.45) is 0.806. The molecule has 1 aromatic carbocycles. The van der Waals surface area contributed by atoms with Gasteiger partial charge < -0.3 is 24.5 Å². The molecule has 0 aliphatic rings. The Labute approximate surface area is 159 Å². The topological polar surface area (TPSA) is 85.1 Å². The molecule has 0 saturated carbocycles. The lowest BCUT2D eigenvalue weighted by atomic mass is 10.1. The number of carbonyl (C=O) groups is 1. The van der Waals surface area contributed by atoms with Crippen LogP contribution in [0.3, 0.4) is 0 Å². The number of para-hydroxylation sites is 1. The number of aryl methyl sites for hydroxylation is 1. The predicted molar refractivity (Wildman–Crippen MR) is 104 cm³/mol. The van der Waals surface area contributed by atoms with Crippen LogP contribution in [0, 0.1) is 6.92 Å². The minimum absolute atomic E-state index is 0.321. The van der Waals surface area contributed by atoms with Gasteiger partial charge in [0.25, 0.3) is 0 Å². The molecule has 0 aliphatic carbocycles. The molecule has 1 aromatic heterocycles. The molecular weight excluding hydrogens is 346 g/mol. The van der Waals surface area contributed by atoms with Crippen molar-refractivity contribution in [3.8, 4) is 5.75 Å². The lowest BCUT2D eigenvalue weighted by molar-refractivity contribution is 0.0599. The molecule has 0 aliphatic heterocycles. The fourth-order valence-corrected chi connectivity index (χ4v) is 2.66. The molecule has 2 N–H and O–H groups in total. The second kappa shape index (κ2) is 10.3. The van der Waals surface area contributed by atoms with E-state index in [-0.39, 0.29) is 0 Å². The van der Waals surface area contributed by atoms with E-state index in [2.05, 4.69) is 15.6 Å². The Bertz CT molecular complexity index is 783. The van der Waals surface area contributed by atoms with E-state index in [0.29, 0.717) is 36.1 Å². The zero-order chi connectivity index (χ0) is 19.6. The van der Waals surface area contributed by atoms with Crippen molar-refractivity contribution in [1.29, 1.82) is 0 Å². The SMILES string of the molecule is CCNC(=NCc1cc(C(=O)OC)c(C)o1)NCCc1ccccc1OC. The Balaban J connectivity index is 1.97. The first-order valence-corrected chi connectivity index (χ1v) is 8.90. The van der Waals surface area contributed by atoms with Gasteiger partial charge in [0.1, 0.15) is 29.4 Å². The minimum Gasteiger partial charge on any atom is -0.496 e. The highest BCUT2D eigenvalue weighted by atomic mass is 16.5. The fraction of sp³-hybridized carbons (Fsp3) is 0.400. The molecule has 1 heterocycles. The van der Waals surface area contributed by atoms with Gasteiger partial charge in [0.15, 0.2) is 5.96 Å². The number of furan rings is 1. The molecule has 7 heteroatoms. The molecule has 0 radical (unpaired) electrons. The Morgan fingerprint density at radius 3 is 2.70 bits per heavy atom. The molecule has 0 bridgehead atoms. The van der Waals surface area contributed by atoms with Gasteiger partial charge in [0.2, 0.25) is 0 Å². The first-order chi connectivity index (χ1) is 13.1. The summed E-state index contributed by atoms with van der Waals surface area (Å²) in [5, 5.41) is 6.49. The molecule has 0 spiro atoms. The Hall–Kier alpha value is -2.96. The molecule has 146 valence electrons. The maximum Gasteiger partial charge on any atom is 0.341 e. The number of nitrogens with one attached hydrogen (secondary N) is 2. The highest BCUT2D eigenvalue weighted by molar-refractivity contribution is 5.90. The van der Waals surface area contributed by atoms with Gasteiger partial charge in [-0.25, -0.2) is 9.79 Å². The van der Waals surface area contributed by atoms with Crippen molar-refractivity contribution in [3.63, 3.8) is 0 Å². The van der Waals surface area contributed by atoms with Crippen molar-refractivity contribution in [1.82, 2.24) is 10.6 Å². The van der Waals surface area contributed by atoms with Crippen molar-refractivity contribution < 1.29 is 18.7 Å². The largest absolute Gasteiger partial charge is 0.496 e. The maximum absolute atomic E-state index is 11.7. The second-order valence-corrected chi connectivity index (χ2v) is 5.86. The maximum atomic E-state index is 11.7. The van der Waals surface area contributed by atoms with E-state index < -0.39 is 5.97 Å². The molecule has 0 fully saturated rings. The monoisotopic (exact) mass is 373 g/mol. The van der Waals surface area contributed by atoms with Crippen LogP contribution >= 0.6 is 0 Å². The van der Waals surface area contributed by atoms with Crippen LogP contribution in [0.4, 0.5) is 0 Å². The van der Waals surface area contributed by atoms with Crippen molar-refractivity contribution >= 4 is 11.9 Å². The van der Waals surface area contributed by atoms with Gasteiger partial charge in [0.05, 0.1) is 14.2 Å². The van der Waals surface area contributed by atoms with Gasteiger partial charge >= 0.3 is 5.97 Å². The summed E-state index contributed by atoms with van der Waals surface area (Å²) in [6.45, 7) is 5.50. The van der Waals surface area contributed by atoms with E-state index in [1.807, 2.05) is 31.2 Å². The van der Waals surface area contributed by atoms with Gasteiger partial charge in [-0.2, -0.15) is 0 Å². The molecule has 0 amide bonds. The van der Waals surface area contributed by atoms with Gasteiger partial charge in [-0.15, -0.1) is 0 Å². The van der Waals surface area contributed by atoms with Gasteiger partial charge in [-0.3, -0.25) is 0 Å². The number of rotatable bonds is 8. The van der Waals surface area contributed by atoms with E-state index in [1.54, 1.807) is 20.1 Å². The van der Waals surface area contributed by atoms with Crippen LogP contribution in [-0.2, 0) is 17.7 Å². The number of hydrogen-bond donors (Lipinski definition) is 2. The lowest BCUT2D eigenvalue weighted by Crippen LogP contribution is -2.38. The van der Waals surface area contributed by atoms with E-state index in [9.17, 15) is 4.79 Å². The number of aliphatic imine (C=N–C) groups is 1. The normalized spacial score (nSPS) is 11.2. The lowest BCUT2D eigenvalue weighted by Gasteiger charge is -2.12. The van der Waals surface area contributed by atoms with Crippen LogP contribution < -0.4 is 15.4 Å². The first-order valence-electron chi connectivity index (χ1n) is 8.90. The zero-order valence-corrected chi connectivity index (χ0v) is 16.3.